The average Bonchev–Trinajstić information content (AvgIpc) is 2.42. The first-order valence-electron chi connectivity index (χ1n) is 6.92. The molecule has 2 atom stereocenters. The predicted molar refractivity (Wildman–Crippen MR) is 76.3 cm³/mol. The Labute approximate surface area is 114 Å². The van der Waals surface area contributed by atoms with E-state index >= 15 is 0 Å². The second kappa shape index (κ2) is 6.17. The standard InChI is InChI=1S/C15H23N3O/c1-11-6-7-18(9-12(11)2)10-13-4-3-5-14(8-13)15(19)17-16/h3-5,8,11-12H,6-7,9-10,16H2,1-2H3,(H,17,19). The number of nitrogens with zero attached hydrogens (tertiary/aromatic N) is 1. The Balaban J connectivity index is 2.01. The highest BCUT2D eigenvalue weighted by atomic mass is 16.2. The highest BCUT2D eigenvalue weighted by Crippen LogP contribution is 2.23. The maximum Gasteiger partial charge on any atom is 0.265 e. The van der Waals surface area contributed by atoms with Crippen molar-refractivity contribution >= 4 is 5.91 Å². The quantitative estimate of drug-likeness (QED) is 0.495. The number of nitrogens with two attached hydrogens (primary N) is 1. The molecule has 104 valence electrons. The van der Waals surface area contributed by atoms with Crippen LogP contribution in [0.2, 0.25) is 0 Å². The number of amides is 1. The zero-order chi connectivity index (χ0) is 13.8. The Kier molecular flexibility index (Phi) is 4.56. The maximum absolute atomic E-state index is 11.5. The zero-order valence-electron chi connectivity index (χ0n) is 11.7. The third-order valence-corrected chi connectivity index (χ3v) is 4.14. The summed E-state index contributed by atoms with van der Waals surface area (Å²) in [4.78, 5) is 14.0. The lowest BCUT2D eigenvalue weighted by molar-refractivity contribution is 0.0953. The molecule has 1 aromatic rings. The van der Waals surface area contributed by atoms with Gasteiger partial charge in [-0.25, -0.2) is 5.84 Å². The third kappa shape index (κ3) is 3.55. The minimum Gasteiger partial charge on any atom is -0.299 e. The number of piperidine rings is 1. The van der Waals surface area contributed by atoms with Gasteiger partial charge < -0.3 is 0 Å². The normalized spacial score (nSPS) is 24.2. The van der Waals surface area contributed by atoms with Gasteiger partial charge in [0, 0.05) is 18.7 Å². The number of likely N-dealkylation sites (tertiary alicyclic amines) is 1. The van der Waals surface area contributed by atoms with E-state index in [1.165, 1.54) is 12.0 Å². The molecule has 1 amide bonds. The van der Waals surface area contributed by atoms with Crippen molar-refractivity contribution in [3.8, 4) is 0 Å². The molecule has 4 heteroatoms. The van der Waals surface area contributed by atoms with Gasteiger partial charge in [0.1, 0.15) is 0 Å². The maximum atomic E-state index is 11.5. The fraction of sp³-hybridized carbons (Fsp3) is 0.533. The summed E-state index contributed by atoms with van der Waals surface area (Å²) in [6.45, 7) is 7.82. The first kappa shape index (κ1) is 14.0. The van der Waals surface area contributed by atoms with E-state index in [9.17, 15) is 4.79 Å². The van der Waals surface area contributed by atoms with Gasteiger partial charge in [0.15, 0.2) is 0 Å². The van der Waals surface area contributed by atoms with Crippen molar-refractivity contribution in [2.45, 2.75) is 26.8 Å². The van der Waals surface area contributed by atoms with E-state index in [1.807, 2.05) is 12.1 Å². The molecule has 0 spiro atoms. The lowest BCUT2D eigenvalue weighted by Crippen LogP contribution is -2.37. The molecular formula is C15H23N3O. The van der Waals surface area contributed by atoms with E-state index in [2.05, 4.69) is 30.2 Å². The Hall–Kier alpha value is -1.39. The fourth-order valence-corrected chi connectivity index (χ4v) is 2.65. The van der Waals surface area contributed by atoms with Crippen molar-refractivity contribution in [3.63, 3.8) is 0 Å². The topological polar surface area (TPSA) is 58.4 Å². The number of carbonyl (C=O) groups excluding carboxylic acids is 1. The van der Waals surface area contributed by atoms with Crippen LogP contribution in [-0.2, 0) is 6.54 Å². The van der Waals surface area contributed by atoms with Crippen molar-refractivity contribution in [1.29, 1.82) is 0 Å². The lowest BCUT2D eigenvalue weighted by atomic mass is 9.88. The molecule has 0 aliphatic carbocycles. The van der Waals surface area contributed by atoms with Gasteiger partial charge in [-0.2, -0.15) is 0 Å². The summed E-state index contributed by atoms with van der Waals surface area (Å²) in [5, 5.41) is 0. The molecule has 1 aliphatic heterocycles. The number of nitrogen functional groups attached to an aromatic ring is 1. The van der Waals surface area contributed by atoms with Crippen LogP contribution in [0.25, 0.3) is 0 Å². The van der Waals surface area contributed by atoms with Crippen molar-refractivity contribution in [2.75, 3.05) is 13.1 Å². The van der Waals surface area contributed by atoms with Crippen molar-refractivity contribution in [2.24, 2.45) is 17.7 Å². The minimum atomic E-state index is -0.234. The minimum absolute atomic E-state index is 0.234. The largest absolute Gasteiger partial charge is 0.299 e. The number of nitrogens with one attached hydrogen (secondary N) is 1. The van der Waals surface area contributed by atoms with Gasteiger partial charge in [-0.3, -0.25) is 15.1 Å². The molecular weight excluding hydrogens is 238 g/mol. The summed E-state index contributed by atoms with van der Waals surface area (Å²) in [5.41, 5.74) is 3.97. The van der Waals surface area contributed by atoms with Crippen molar-refractivity contribution in [3.05, 3.63) is 35.4 Å². The number of rotatable bonds is 3. The van der Waals surface area contributed by atoms with Crippen LogP contribution in [0.3, 0.4) is 0 Å². The Morgan fingerprint density at radius 1 is 1.42 bits per heavy atom. The molecule has 4 nitrogen and oxygen atoms in total. The summed E-state index contributed by atoms with van der Waals surface area (Å²) < 4.78 is 0. The van der Waals surface area contributed by atoms with Gasteiger partial charge in [-0.1, -0.05) is 26.0 Å². The van der Waals surface area contributed by atoms with Crippen LogP contribution in [0.4, 0.5) is 0 Å². The van der Waals surface area contributed by atoms with Crippen LogP contribution in [-0.4, -0.2) is 23.9 Å². The molecule has 1 aromatic carbocycles. The molecule has 0 aromatic heterocycles. The fourth-order valence-electron chi connectivity index (χ4n) is 2.65. The molecule has 2 unspecified atom stereocenters. The first-order valence-corrected chi connectivity index (χ1v) is 6.92. The number of hydrazine groups is 1. The van der Waals surface area contributed by atoms with Crippen LogP contribution in [0.1, 0.15) is 36.2 Å². The summed E-state index contributed by atoms with van der Waals surface area (Å²) in [6, 6.07) is 7.68. The van der Waals surface area contributed by atoms with Crippen molar-refractivity contribution < 1.29 is 4.79 Å². The van der Waals surface area contributed by atoms with E-state index in [4.69, 9.17) is 5.84 Å². The molecule has 1 heterocycles. The molecule has 19 heavy (non-hydrogen) atoms. The average molecular weight is 261 g/mol. The molecule has 1 fully saturated rings. The van der Waals surface area contributed by atoms with Crippen LogP contribution in [0.5, 0.6) is 0 Å². The zero-order valence-corrected chi connectivity index (χ0v) is 11.7. The number of carbonyl (C=O) groups is 1. The van der Waals surface area contributed by atoms with E-state index in [0.717, 1.165) is 31.5 Å². The highest BCUT2D eigenvalue weighted by Gasteiger charge is 2.22. The monoisotopic (exact) mass is 261 g/mol. The Morgan fingerprint density at radius 2 is 2.21 bits per heavy atom. The van der Waals surface area contributed by atoms with Crippen LogP contribution < -0.4 is 11.3 Å². The first-order chi connectivity index (χ1) is 9.10. The van der Waals surface area contributed by atoms with Crippen molar-refractivity contribution in [1.82, 2.24) is 10.3 Å². The smallest absolute Gasteiger partial charge is 0.265 e. The van der Waals surface area contributed by atoms with Crippen LogP contribution in [0.15, 0.2) is 24.3 Å². The van der Waals surface area contributed by atoms with Gasteiger partial charge in [-0.05, 0) is 42.5 Å². The Morgan fingerprint density at radius 3 is 2.89 bits per heavy atom. The predicted octanol–water partition coefficient (Wildman–Crippen LogP) is 1.77. The Bertz CT molecular complexity index is 447. The van der Waals surface area contributed by atoms with E-state index in [1.54, 1.807) is 6.07 Å². The summed E-state index contributed by atoms with van der Waals surface area (Å²) >= 11 is 0. The third-order valence-electron chi connectivity index (χ3n) is 4.14. The molecule has 0 saturated carbocycles. The number of hydrogen-bond acceptors (Lipinski definition) is 3. The molecule has 3 N–H and O–H groups in total. The number of benzene rings is 1. The van der Waals surface area contributed by atoms with Gasteiger partial charge >= 0.3 is 0 Å². The van der Waals surface area contributed by atoms with Gasteiger partial charge in [0.2, 0.25) is 0 Å². The van der Waals surface area contributed by atoms with E-state index < -0.39 is 0 Å². The van der Waals surface area contributed by atoms with Crippen LogP contribution >= 0.6 is 0 Å². The van der Waals surface area contributed by atoms with Gasteiger partial charge in [-0.15, -0.1) is 0 Å². The summed E-state index contributed by atoms with van der Waals surface area (Å²) in [7, 11) is 0. The second-order valence-electron chi connectivity index (χ2n) is 5.65. The molecule has 1 aliphatic rings. The molecule has 1 saturated heterocycles. The summed E-state index contributed by atoms with van der Waals surface area (Å²) in [5.74, 6) is 6.48. The summed E-state index contributed by atoms with van der Waals surface area (Å²) in [6.07, 6.45) is 1.25. The van der Waals surface area contributed by atoms with Crippen LogP contribution in [0, 0.1) is 11.8 Å². The highest BCUT2D eigenvalue weighted by molar-refractivity contribution is 5.93. The second-order valence-corrected chi connectivity index (χ2v) is 5.65. The van der Waals surface area contributed by atoms with E-state index in [0.29, 0.717) is 5.56 Å². The number of hydrogen-bond donors (Lipinski definition) is 2. The SMILES string of the molecule is CC1CCN(Cc2cccc(C(=O)NN)c2)CC1C. The molecule has 0 bridgehead atoms. The van der Waals surface area contributed by atoms with E-state index in [-0.39, 0.29) is 5.91 Å². The van der Waals surface area contributed by atoms with Gasteiger partial charge in [0.05, 0.1) is 0 Å². The molecule has 0 radical (unpaired) electrons. The van der Waals surface area contributed by atoms with Gasteiger partial charge in [0.25, 0.3) is 5.91 Å². The lowest BCUT2D eigenvalue weighted by Gasteiger charge is -2.35. The molecule has 2 rings (SSSR count).